The number of rotatable bonds is 10. The molecule has 0 heterocycles. The summed E-state index contributed by atoms with van der Waals surface area (Å²) in [6.07, 6.45) is 2.59. The van der Waals surface area contributed by atoms with Crippen molar-refractivity contribution < 1.29 is 9.53 Å². The fraction of sp³-hybridized carbons (Fsp3) is 0.458. The van der Waals surface area contributed by atoms with Crippen molar-refractivity contribution in [2.45, 2.75) is 45.6 Å². The summed E-state index contributed by atoms with van der Waals surface area (Å²) in [6, 6.07) is 19.0. The van der Waals surface area contributed by atoms with Crippen molar-refractivity contribution in [1.29, 1.82) is 0 Å². The van der Waals surface area contributed by atoms with Gasteiger partial charge in [-0.3, -0.25) is 4.79 Å². The number of benzene rings is 2. The maximum absolute atomic E-state index is 12.3. The van der Waals surface area contributed by atoms with Crippen LogP contribution in [0.4, 0.5) is 0 Å². The number of hydrogen-bond donors (Lipinski definition) is 0. The van der Waals surface area contributed by atoms with Crippen LogP contribution in [0, 0.1) is 5.92 Å². The molecule has 0 aliphatic rings. The molecular weight excluding hydrogens is 334 g/mol. The zero-order valence-corrected chi connectivity index (χ0v) is 17.2. The summed E-state index contributed by atoms with van der Waals surface area (Å²) in [6.45, 7) is 5.41. The maximum Gasteiger partial charge on any atom is 0.309 e. The first-order valence-electron chi connectivity index (χ1n) is 9.98. The van der Waals surface area contributed by atoms with E-state index >= 15 is 0 Å². The van der Waals surface area contributed by atoms with Crippen LogP contribution in [0.3, 0.4) is 0 Å². The van der Waals surface area contributed by atoms with Gasteiger partial charge in [-0.15, -0.1) is 0 Å². The minimum Gasteiger partial charge on any atom is -0.461 e. The fourth-order valence-electron chi connectivity index (χ4n) is 3.51. The Kier molecular flexibility index (Phi) is 8.53. The van der Waals surface area contributed by atoms with Crippen LogP contribution in [0.15, 0.2) is 54.6 Å². The van der Waals surface area contributed by atoms with Gasteiger partial charge in [0.1, 0.15) is 6.61 Å². The third-order valence-corrected chi connectivity index (χ3v) is 5.13. The van der Waals surface area contributed by atoms with E-state index in [0.717, 1.165) is 31.4 Å². The summed E-state index contributed by atoms with van der Waals surface area (Å²) in [5.74, 6) is 0.322. The lowest BCUT2D eigenvalue weighted by Gasteiger charge is -2.23. The third kappa shape index (κ3) is 6.51. The van der Waals surface area contributed by atoms with Crippen molar-refractivity contribution in [2.24, 2.45) is 5.92 Å². The number of carbonyl (C=O) groups is 1. The molecule has 0 bridgehead atoms. The van der Waals surface area contributed by atoms with Crippen molar-refractivity contribution in [3.05, 3.63) is 71.3 Å². The first-order chi connectivity index (χ1) is 13.0. The molecule has 0 saturated carbocycles. The Balaban J connectivity index is 2.14. The van der Waals surface area contributed by atoms with Crippen molar-refractivity contribution in [2.75, 3.05) is 20.6 Å². The number of ether oxygens (including phenoxy) is 1. The molecule has 2 aromatic carbocycles. The molecule has 0 aliphatic heterocycles. The molecule has 0 unspecified atom stereocenters. The number of likely N-dealkylation sites (N-methyl/N-ethyl adjacent to an activating group) is 1. The molecule has 0 spiro atoms. The lowest BCUT2D eigenvalue weighted by Crippen LogP contribution is -2.22. The Morgan fingerprint density at radius 1 is 0.926 bits per heavy atom. The van der Waals surface area contributed by atoms with Crippen LogP contribution in [0.1, 0.15) is 49.3 Å². The lowest BCUT2D eigenvalue weighted by atomic mass is 9.89. The van der Waals surface area contributed by atoms with Gasteiger partial charge in [-0.05, 0) is 50.0 Å². The van der Waals surface area contributed by atoms with Gasteiger partial charge in [-0.2, -0.15) is 0 Å². The van der Waals surface area contributed by atoms with Gasteiger partial charge >= 0.3 is 5.97 Å². The van der Waals surface area contributed by atoms with E-state index in [1.165, 1.54) is 11.1 Å². The van der Waals surface area contributed by atoms with Gasteiger partial charge in [0.05, 0.1) is 5.92 Å². The van der Waals surface area contributed by atoms with E-state index in [1.807, 2.05) is 19.9 Å². The standard InChI is InChI=1S/C24H33NO2/c1-5-19(6-2)24(26)27-18-22-15-11-10-14-21(22)16-23(17-25(3)4)20-12-8-7-9-13-20/h7-15,19,23H,5-6,16-18H2,1-4H3/t23-/m0/s1. The van der Waals surface area contributed by atoms with E-state index in [-0.39, 0.29) is 11.9 Å². The first-order valence-corrected chi connectivity index (χ1v) is 9.98. The van der Waals surface area contributed by atoms with Gasteiger partial charge in [0.2, 0.25) is 0 Å². The molecular formula is C24H33NO2. The Morgan fingerprint density at radius 3 is 2.11 bits per heavy atom. The smallest absolute Gasteiger partial charge is 0.309 e. The van der Waals surface area contributed by atoms with Crippen LogP contribution < -0.4 is 0 Å². The largest absolute Gasteiger partial charge is 0.461 e. The van der Waals surface area contributed by atoms with Crippen molar-refractivity contribution >= 4 is 5.97 Å². The summed E-state index contributed by atoms with van der Waals surface area (Å²) in [4.78, 5) is 14.5. The van der Waals surface area contributed by atoms with E-state index in [4.69, 9.17) is 4.74 Å². The maximum atomic E-state index is 12.3. The molecule has 0 radical (unpaired) electrons. The van der Waals surface area contributed by atoms with E-state index in [9.17, 15) is 4.79 Å². The van der Waals surface area contributed by atoms with Gasteiger partial charge in [0, 0.05) is 12.5 Å². The molecule has 2 aromatic rings. The van der Waals surface area contributed by atoms with Crippen LogP contribution in [0.2, 0.25) is 0 Å². The highest BCUT2D eigenvalue weighted by atomic mass is 16.5. The molecule has 0 fully saturated rings. The lowest BCUT2D eigenvalue weighted by molar-refractivity contribution is -0.150. The van der Waals surface area contributed by atoms with Crippen molar-refractivity contribution in [3.63, 3.8) is 0 Å². The highest BCUT2D eigenvalue weighted by molar-refractivity contribution is 5.72. The zero-order valence-electron chi connectivity index (χ0n) is 17.2. The number of nitrogens with zero attached hydrogens (tertiary/aromatic N) is 1. The summed E-state index contributed by atoms with van der Waals surface area (Å²) in [7, 11) is 4.22. The van der Waals surface area contributed by atoms with Crippen molar-refractivity contribution in [1.82, 2.24) is 4.90 Å². The molecule has 3 heteroatoms. The monoisotopic (exact) mass is 367 g/mol. The molecule has 2 rings (SSSR count). The molecule has 3 nitrogen and oxygen atoms in total. The third-order valence-electron chi connectivity index (χ3n) is 5.13. The summed E-state index contributed by atoms with van der Waals surface area (Å²) >= 11 is 0. The molecule has 146 valence electrons. The van der Waals surface area contributed by atoms with Crippen molar-refractivity contribution in [3.8, 4) is 0 Å². The Morgan fingerprint density at radius 2 is 1.52 bits per heavy atom. The van der Waals surface area contributed by atoms with Gasteiger partial charge in [-0.1, -0.05) is 68.4 Å². The number of hydrogen-bond acceptors (Lipinski definition) is 3. The van der Waals surface area contributed by atoms with E-state index in [1.54, 1.807) is 0 Å². The number of carbonyl (C=O) groups excluding carboxylic acids is 1. The van der Waals surface area contributed by atoms with Gasteiger partial charge in [0.15, 0.2) is 0 Å². The minimum absolute atomic E-state index is 0.00275. The van der Waals surface area contributed by atoms with Crippen LogP contribution in [-0.4, -0.2) is 31.5 Å². The van der Waals surface area contributed by atoms with Crippen LogP contribution in [0.5, 0.6) is 0 Å². The SMILES string of the molecule is CCC(CC)C(=O)OCc1ccccc1C[C@@H](CN(C)C)c1ccccc1. The summed E-state index contributed by atoms with van der Waals surface area (Å²) in [5, 5.41) is 0. The van der Waals surface area contributed by atoms with Gasteiger partial charge < -0.3 is 9.64 Å². The van der Waals surface area contributed by atoms with Gasteiger partial charge in [0.25, 0.3) is 0 Å². The highest BCUT2D eigenvalue weighted by Crippen LogP contribution is 2.24. The number of esters is 1. The van der Waals surface area contributed by atoms with Gasteiger partial charge in [-0.25, -0.2) is 0 Å². The summed E-state index contributed by atoms with van der Waals surface area (Å²) < 4.78 is 5.63. The normalized spacial score (nSPS) is 12.4. The Hall–Kier alpha value is -2.13. The minimum atomic E-state index is -0.0808. The first kappa shape index (κ1) is 21.2. The molecule has 27 heavy (non-hydrogen) atoms. The quantitative estimate of drug-likeness (QED) is 0.550. The fourth-order valence-corrected chi connectivity index (χ4v) is 3.51. The molecule has 0 amide bonds. The predicted molar refractivity (Wildman–Crippen MR) is 112 cm³/mol. The topological polar surface area (TPSA) is 29.5 Å². The highest BCUT2D eigenvalue weighted by Gasteiger charge is 2.18. The second kappa shape index (κ2) is 10.9. The van der Waals surface area contributed by atoms with Crippen LogP contribution >= 0.6 is 0 Å². The second-order valence-corrected chi connectivity index (χ2v) is 7.46. The molecule has 0 N–H and O–H groups in total. The predicted octanol–water partition coefficient (Wildman–Crippen LogP) is 5.05. The molecule has 0 aliphatic carbocycles. The van der Waals surface area contributed by atoms with Crippen LogP contribution in [-0.2, 0) is 22.6 Å². The average molecular weight is 368 g/mol. The Bertz CT molecular complexity index is 693. The average Bonchev–Trinajstić information content (AvgIpc) is 2.68. The summed E-state index contributed by atoms with van der Waals surface area (Å²) in [5.41, 5.74) is 3.71. The molecule has 0 saturated heterocycles. The van der Waals surface area contributed by atoms with E-state index in [0.29, 0.717) is 12.5 Å². The zero-order chi connectivity index (χ0) is 19.6. The molecule has 0 aromatic heterocycles. The Labute approximate surface area is 164 Å². The van der Waals surface area contributed by atoms with Crippen LogP contribution in [0.25, 0.3) is 0 Å². The van der Waals surface area contributed by atoms with E-state index < -0.39 is 0 Å². The molecule has 1 atom stereocenters. The van der Waals surface area contributed by atoms with E-state index in [2.05, 4.69) is 67.5 Å². The second-order valence-electron chi connectivity index (χ2n) is 7.46.